The van der Waals surface area contributed by atoms with Crippen LogP contribution in [0.4, 0.5) is 0 Å². The molecule has 0 amide bonds. The topological polar surface area (TPSA) is 27.7 Å². The molecule has 0 saturated carbocycles. The van der Waals surface area contributed by atoms with Gasteiger partial charge >= 0.3 is 0 Å². The van der Waals surface area contributed by atoms with Crippen LogP contribution in [0.25, 0.3) is 0 Å². The van der Waals surface area contributed by atoms with Crippen molar-refractivity contribution in [3.63, 3.8) is 0 Å². The number of fused-ring (bicyclic) bond motifs is 3. The Bertz CT molecular complexity index is 368. The van der Waals surface area contributed by atoms with E-state index in [0.29, 0.717) is 5.92 Å². The Morgan fingerprint density at radius 3 is 2.24 bits per heavy atom. The highest BCUT2D eigenvalue weighted by Crippen LogP contribution is 2.33. The molecule has 0 unspecified atom stereocenters. The van der Waals surface area contributed by atoms with Crippen LogP contribution in [-0.4, -0.2) is 25.8 Å². The predicted octanol–water partition coefficient (Wildman–Crippen LogP) is 2.62. The van der Waals surface area contributed by atoms with E-state index in [1.165, 1.54) is 5.56 Å². The first kappa shape index (κ1) is 11.5. The normalized spacial score (nSPS) is 31.7. The van der Waals surface area contributed by atoms with E-state index in [2.05, 4.69) is 0 Å². The second-order valence-corrected chi connectivity index (χ2v) is 5.04. The van der Waals surface area contributed by atoms with Crippen LogP contribution < -0.4 is 0 Å². The smallest absolute Gasteiger partial charge is 0.283 e. The zero-order valence-corrected chi connectivity index (χ0v) is 10.3. The van der Waals surface area contributed by atoms with Crippen LogP contribution in [0, 0.1) is 5.92 Å². The summed E-state index contributed by atoms with van der Waals surface area (Å²) in [5, 5.41) is 0.758. The van der Waals surface area contributed by atoms with E-state index in [1.54, 1.807) is 0 Å². The summed E-state index contributed by atoms with van der Waals surface area (Å²) in [4.78, 5) is 0. The number of hydrogen-bond acceptors (Lipinski definition) is 3. The third-order valence-electron chi connectivity index (χ3n) is 3.25. The van der Waals surface area contributed by atoms with Crippen molar-refractivity contribution in [2.45, 2.75) is 18.8 Å². The number of hydrogen-bond donors (Lipinski definition) is 0. The Kier molecular flexibility index (Phi) is 3.09. The van der Waals surface area contributed by atoms with Gasteiger partial charge in [-0.3, -0.25) is 0 Å². The van der Waals surface area contributed by atoms with Crippen molar-refractivity contribution in [1.82, 2.24) is 0 Å². The van der Waals surface area contributed by atoms with Crippen LogP contribution in [0.15, 0.2) is 24.3 Å². The predicted molar refractivity (Wildman–Crippen MR) is 63.9 cm³/mol. The minimum atomic E-state index is -0.797. The van der Waals surface area contributed by atoms with E-state index in [9.17, 15) is 0 Å². The van der Waals surface area contributed by atoms with Crippen LogP contribution in [0.5, 0.6) is 0 Å². The summed E-state index contributed by atoms with van der Waals surface area (Å²) in [7, 11) is 0. The zero-order chi connectivity index (χ0) is 11.7. The molecule has 3 aliphatic rings. The molecule has 3 saturated heterocycles. The first-order valence-corrected chi connectivity index (χ1v) is 6.30. The lowest BCUT2D eigenvalue weighted by atomic mass is 10.1. The van der Waals surface area contributed by atoms with E-state index in [-0.39, 0.29) is 0 Å². The van der Waals surface area contributed by atoms with E-state index < -0.39 is 5.97 Å². The van der Waals surface area contributed by atoms with Crippen LogP contribution in [0.3, 0.4) is 0 Å². The minimum absolute atomic E-state index is 0.410. The lowest BCUT2D eigenvalue weighted by molar-refractivity contribution is -0.449. The summed E-state index contributed by atoms with van der Waals surface area (Å²) in [6.45, 7) is 2.25. The molecule has 0 aliphatic carbocycles. The maximum Gasteiger partial charge on any atom is 0.283 e. The van der Waals surface area contributed by atoms with Gasteiger partial charge in [0.05, 0.1) is 19.8 Å². The number of halogens is 1. The highest BCUT2D eigenvalue weighted by atomic mass is 35.5. The molecule has 1 aromatic carbocycles. The Labute approximate surface area is 106 Å². The standard InChI is InChI=1S/C13H15ClO3/c14-12-3-1-10(2-4-12)5-6-13-15-7-11(8-16-13)9-17-13/h1-4,11H,5-9H2. The van der Waals surface area contributed by atoms with Crippen molar-refractivity contribution in [3.8, 4) is 0 Å². The van der Waals surface area contributed by atoms with Crippen molar-refractivity contribution in [2.75, 3.05) is 19.8 Å². The molecule has 1 aromatic rings. The van der Waals surface area contributed by atoms with Gasteiger partial charge in [-0.25, -0.2) is 0 Å². The summed E-state index contributed by atoms with van der Waals surface area (Å²) in [5.41, 5.74) is 1.22. The third-order valence-corrected chi connectivity index (χ3v) is 3.50. The molecular weight excluding hydrogens is 240 g/mol. The number of benzene rings is 1. The van der Waals surface area contributed by atoms with E-state index in [1.807, 2.05) is 24.3 Å². The average molecular weight is 255 g/mol. The van der Waals surface area contributed by atoms with Crippen molar-refractivity contribution in [2.24, 2.45) is 5.92 Å². The molecule has 0 atom stereocenters. The van der Waals surface area contributed by atoms with E-state index >= 15 is 0 Å². The highest BCUT2D eigenvalue weighted by molar-refractivity contribution is 6.30. The van der Waals surface area contributed by atoms with Gasteiger partial charge in [0, 0.05) is 17.4 Å². The first-order chi connectivity index (χ1) is 8.26. The van der Waals surface area contributed by atoms with Crippen molar-refractivity contribution >= 4 is 11.6 Å². The van der Waals surface area contributed by atoms with Gasteiger partial charge in [-0.15, -0.1) is 0 Å². The highest BCUT2D eigenvalue weighted by Gasteiger charge is 2.44. The quantitative estimate of drug-likeness (QED) is 0.830. The second kappa shape index (κ2) is 4.58. The van der Waals surface area contributed by atoms with E-state index in [4.69, 9.17) is 25.8 Å². The average Bonchev–Trinajstić information content (AvgIpc) is 2.40. The first-order valence-electron chi connectivity index (χ1n) is 5.92. The Hall–Kier alpha value is -0.610. The fourth-order valence-electron chi connectivity index (χ4n) is 2.17. The van der Waals surface area contributed by atoms with Crippen molar-refractivity contribution in [3.05, 3.63) is 34.9 Å². The molecule has 17 heavy (non-hydrogen) atoms. The summed E-state index contributed by atoms with van der Waals surface area (Å²) in [5.74, 6) is -0.388. The van der Waals surface area contributed by atoms with Crippen molar-refractivity contribution in [1.29, 1.82) is 0 Å². The van der Waals surface area contributed by atoms with Gasteiger partial charge in [0.1, 0.15) is 0 Å². The van der Waals surface area contributed by atoms with Gasteiger partial charge < -0.3 is 14.2 Å². The molecule has 3 nitrogen and oxygen atoms in total. The number of rotatable bonds is 3. The Morgan fingerprint density at radius 1 is 1.06 bits per heavy atom. The monoisotopic (exact) mass is 254 g/mol. The minimum Gasteiger partial charge on any atom is -0.327 e. The lowest BCUT2D eigenvalue weighted by Crippen LogP contribution is -2.54. The third kappa shape index (κ3) is 2.47. The summed E-state index contributed by atoms with van der Waals surface area (Å²) in [6.07, 6.45) is 1.59. The molecule has 4 heteroatoms. The molecule has 92 valence electrons. The second-order valence-electron chi connectivity index (χ2n) is 4.61. The fraction of sp³-hybridized carbons (Fsp3) is 0.538. The molecule has 0 spiro atoms. The molecule has 2 bridgehead atoms. The van der Waals surface area contributed by atoms with Gasteiger partial charge in [-0.2, -0.15) is 0 Å². The Morgan fingerprint density at radius 2 is 1.65 bits per heavy atom. The summed E-state index contributed by atoms with van der Waals surface area (Å²) >= 11 is 5.85. The largest absolute Gasteiger partial charge is 0.327 e. The van der Waals surface area contributed by atoms with Gasteiger partial charge in [0.25, 0.3) is 5.97 Å². The van der Waals surface area contributed by atoms with Crippen LogP contribution in [0.2, 0.25) is 5.02 Å². The van der Waals surface area contributed by atoms with Gasteiger partial charge in [0.15, 0.2) is 0 Å². The van der Waals surface area contributed by atoms with Gasteiger partial charge in [-0.05, 0) is 24.1 Å². The lowest BCUT2D eigenvalue weighted by Gasteiger charge is -2.45. The number of ether oxygens (including phenoxy) is 3. The molecule has 0 aromatic heterocycles. The molecule has 0 radical (unpaired) electrons. The molecule has 0 N–H and O–H groups in total. The molecule has 3 aliphatic heterocycles. The van der Waals surface area contributed by atoms with Crippen LogP contribution in [0.1, 0.15) is 12.0 Å². The number of aryl methyl sites for hydroxylation is 1. The molecule has 3 fully saturated rings. The zero-order valence-electron chi connectivity index (χ0n) is 9.52. The van der Waals surface area contributed by atoms with Crippen molar-refractivity contribution < 1.29 is 14.2 Å². The Balaban J connectivity index is 1.61. The maximum atomic E-state index is 5.85. The summed E-state index contributed by atoms with van der Waals surface area (Å²) in [6, 6.07) is 7.84. The van der Waals surface area contributed by atoms with Gasteiger partial charge in [0.2, 0.25) is 0 Å². The SMILES string of the molecule is Clc1ccc(CCC23OCC(CO2)CO3)cc1. The van der Waals surface area contributed by atoms with Crippen LogP contribution in [-0.2, 0) is 20.6 Å². The maximum absolute atomic E-state index is 5.85. The van der Waals surface area contributed by atoms with Gasteiger partial charge in [-0.1, -0.05) is 23.7 Å². The van der Waals surface area contributed by atoms with Crippen LogP contribution >= 0.6 is 11.6 Å². The summed E-state index contributed by atoms with van der Waals surface area (Å²) < 4.78 is 16.9. The van der Waals surface area contributed by atoms with E-state index in [0.717, 1.165) is 37.7 Å². The fourth-order valence-corrected chi connectivity index (χ4v) is 2.29. The molecule has 4 rings (SSSR count). The molecular formula is C13H15ClO3. The molecule has 3 heterocycles.